The van der Waals surface area contributed by atoms with Crippen LogP contribution in [0.3, 0.4) is 0 Å². The molecule has 1 unspecified atom stereocenters. The molecule has 3 nitrogen and oxygen atoms in total. The van der Waals surface area contributed by atoms with Crippen molar-refractivity contribution < 1.29 is 0 Å². The molecule has 1 atom stereocenters. The van der Waals surface area contributed by atoms with Gasteiger partial charge in [-0.2, -0.15) is 4.37 Å². The van der Waals surface area contributed by atoms with Crippen LogP contribution in [0.1, 0.15) is 24.1 Å². The van der Waals surface area contributed by atoms with Crippen molar-refractivity contribution in [1.29, 1.82) is 0 Å². The van der Waals surface area contributed by atoms with Gasteiger partial charge in [0.15, 0.2) is 4.34 Å². The van der Waals surface area contributed by atoms with Crippen molar-refractivity contribution in [2.45, 2.75) is 24.2 Å². The summed E-state index contributed by atoms with van der Waals surface area (Å²) >= 11 is 3.21. The van der Waals surface area contributed by atoms with Gasteiger partial charge in [-0.1, -0.05) is 48.5 Å². The molecular formula is C13H17N3S2. The van der Waals surface area contributed by atoms with E-state index in [1.165, 1.54) is 22.7 Å². The highest BCUT2D eigenvalue weighted by atomic mass is 32.2. The predicted molar refractivity (Wildman–Crippen MR) is 78.2 cm³/mol. The molecule has 5 heteroatoms. The maximum Gasteiger partial charge on any atom is 0.169 e. The van der Waals surface area contributed by atoms with Gasteiger partial charge in [-0.25, -0.2) is 4.98 Å². The summed E-state index contributed by atoms with van der Waals surface area (Å²) < 4.78 is 5.05. The van der Waals surface area contributed by atoms with Gasteiger partial charge < -0.3 is 5.32 Å². The number of nitrogens with one attached hydrogen (secondary N) is 1. The molecule has 0 saturated carbocycles. The summed E-state index contributed by atoms with van der Waals surface area (Å²) in [6.45, 7) is 5.22. The summed E-state index contributed by atoms with van der Waals surface area (Å²) in [4.78, 5) is 4.20. The Morgan fingerprint density at radius 3 is 2.72 bits per heavy atom. The lowest BCUT2D eigenvalue weighted by molar-refractivity contribution is 0.606. The van der Waals surface area contributed by atoms with Gasteiger partial charge in [-0.15, -0.1) is 0 Å². The number of benzene rings is 1. The maximum absolute atomic E-state index is 4.20. The predicted octanol–water partition coefficient (Wildman–Crippen LogP) is 3.29. The summed E-state index contributed by atoms with van der Waals surface area (Å²) in [6, 6.07) is 9.08. The Hall–Kier alpha value is -0.910. The van der Waals surface area contributed by atoms with Crippen LogP contribution in [-0.4, -0.2) is 21.7 Å². The molecule has 0 aliphatic heterocycles. The third-order valence-electron chi connectivity index (χ3n) is 2.64. The lowest BCUT2D eigenvalue weighted by Gasteiger charge is -2.17. The molecule has 2 rings (SSSR count). The molecule has 96 valence electrons. The Morgan fingerprint density at radius 1 is 1.33 bits per heavy atom. The van der Waals surface area contributed by atoms with Crippen molar-refractivity contribution in [3.8, 4) is 0 Å². The van der Waals surface area contributed by atoms with Crippen LogP contribution < -0.4 is 5.32 Å². The van der Waals surface area contributed by atoms with Crippen LogP contribution in [0.25, 0.3) is 0 Å². The second kappa shape index (κ2) is 6.87. The van der Waals surface area contributed by atoms with E-state index >= 15 is 0 Å². The van der Waals surface area contributed by atoms with Gasteiger partial charge in [0.05, 0.1) is 0 Å². The van der Waals surface area contributed by atoms with Crippen LogP contribution in [0.4, 0.5) is 0 Å². The van der Waals surface area contributed by atoms with Gasteiger partial charge in [0.1, 0.15) is 6.33 Å². The summed E-state index contributed by atoms with van der Waals surface area (Å²) in [7, 11) is 0. The van der Waals surface area contributed by atoms with Crippen molar-refractivity contribution in [2.75, 3.05) is 12.3 Å². The van der Waals surface area contributed by atoms with E-state index in [1.807, 2.05) is 0 Å². The number of aryl methyl sites for hydroxylation is 1. The van der Waals surface area contributed by atoms with Crippen molar-refractivity contribution in [1.82, 2.24) is 14.7 Å². The average molecular weight is 279 g/mol. The number of hydrogen-bond donors (Lipinski definition) is 1. The van der Waals surface area contributed by atoms with Crippen LogP contribution in [0.2, 0.25) is 0 Å². The van der Waals surface area contributed by atoms with Gasteiger partial charge in [0.2, 0.25) is 0 Å². The highest BCUT2D eigenvalue weighted by Crippen LogP contribution is 2.25. The van der Waals surface area contributed by atoms with Crippen molar-refractivity contribution in [3.63, 3.8) is 0 Å². The summed E-state index contributed by atoms with van der Waals surface area (Å²) in [5.41, 5.74) is 2.63. The van der Waals surface area contributed by atoms with Crippen molar-refractivity contribution >= 4 is 23.3 Å². The lowest BCUT2D eigenvalue weighted by atomic mass is 10.1. The van der Waals surface area contributed by atoms with Gasteiger partial charge in [-0.3, -0.25) is 0 Å². The molecule has 0 bridgehead atoms. The second-order valence-corrected chi connectivity index (χ2v) is 6.09. The van der Waals surface area contributed by atoms with Gasteiger partial charge in [0, 0.05) is 11.8 Å². The van der Waals surface area contributed by atoms with Gasteiger partial charge in [0.25, 0.3) is 0 Å². The van der Waals surface area contributed by atoms with E-state index in [-0.39, 0.29) is 0 Å². The van der Waals surface area contributed by atoms with Crippen LogP contribution in [0.15, 0.2) is 34.9 Å². The van der Waals surface area contributed by atoms with Gasteiger partial charge >= 0.3 is 0 Å². The smallest absolute Gasteiger partial charge is 0.169 e. The zero-order chi connectivity index (χ0) is 12.8. The molecule has 18 heavy (non-hydrogen) atoms. The largest absolute Gasteiger partial charge is 0.309 e. The first kappa shape index (κ1) is 13.5. The summed E-state index contributed by atoms with van der Waals surface area (Å²) in [6.07, 6.45) is 1.61. The molecule has 0 spiro atoms. The molecule has 1 N–H and O–H groups in total. The van der Waals surface area contributed by atoms with Crippen LogP contribution in [0.5, 0.6) is 0 Å². The number of hydrogen-bond acceptors (Lipinski definition) is 5. The van der Waals surface area contributed by atoms with E-state index in [1.54, 1.807) is 18.1 Å². The first-order valence-electron chi connectivity index (χ1n) is 5.99. The Labute approximate surface area is 116 Å². The van der Waals surface area contributed by atoms with E-state index in [0.717, 1.165) is 16.6 Å². The normalized spacial score (nSPS) is 12.6. The molecule has 1 heterocycles. The van der Waals surface area contributed by atoms with E-state index in [4.69, 9.17) is 0 Å². The monoisotopic (exact) mass is 279 g/mol. The highest BCUT2D eigenvalue weighted by molar-refractivity contribution is 8.00. The zero-order valence-corrected chi connectivity index (χ0v) is 12.2. The highest BCUT2D eigenvalue weighted by Gasteiger charge is 2.11. The summed E-state index contributed by atoms with van der Waals surface area (Å²) in [5.74, 6) is 0.978. The first-order chi connectivity index (χ1) is 8.79. The second-order valence-electron chi connectivity index (χ2n) is 4.04. The van der Waals surface area contributed by atoms with Crippen molar-refractivity contribution in [3.05, 3.63) is 41.7 Å². The Balaban J connectivity index is 2.01. The minimum absolute atomic E-state index is 0.365. The molecular weight excluding hydrogens is 262 g/mol. The fourth-order valence-electron chi connectivity index (χ4n) is 1.70. The van der Waals surface area contributed by atoms with E-state index in [2.05, 4.69) is 52.8 Å². The molecule has 1 aromatic heterocycles. The molecule has 0 radical (unpaired) electrons. The molecule has 0 saturated heterocycles. The molecule has 0 fully saturated rings. The number of nitrogens with zero attached hydrogens (tertiary/aromatic N) is 2. The third kappa shape index (κ3) is 3.80. The van der Waals surface area contributed by atoms with Crippen LogP contribution in [-0.2, 0) is 0 Å². The molecule has 0 amide bonds. The molecule has 2 aromatic rings. The minimum atomic E-state index is 0.365. The van der Waals surface area contributed by atoms with E-state index < -0.39 is 0 Å². The standard InChI is InChI=1S/C13H17N3S2/c1-3-14-12(8-17-13-15-9-16-18-13)11-6-4-10(2)5-7-11/h4-7,9,12,14H,3,8H2,1-2H3. The van der Waals surface area contributed by atoms with E-state index in [9.17, 15) is 0 Å². The fraction of sp³-hybridized carbons (Fsp3) is 0.385. The molecule has 1 aromatic carbocycles. The zero-order valence-electron chi connectivity index (χ0n) is 10.6. The Bertz CT molecular complexity index is 454. The van der Waals surface area contributed by atoms with Crippen molar-refractivity contribution in [2.24, 2.45) is 0 Å². The molecule has 0 aliphatic rings. The average Bonchev–Trinajstić information content (AvgIpc) is 2.89. The van der Waals surface area contributed by atoms with Crippen LogP contribution in [0, 0.1) is 6.92 Å². The Morgan fingerprint density at radius 2 is 2.11 bits per heavy atom. The topological polar surface area (TPSA) is 37.8 Å². The van der Waals surface area contributed by atoms with Gasteiger partial charge in [-0.05, 0) is 30.6 Å². The quantitative estimate of drug-likeness (QED) is 0.823. The minimum Gasteiger partial charge on any atom is -0.309 e. The summed E-state index contributed by atoms with van der Waals surface area (Å²) in [5, 5.41) is 3.52. The number of rotatable bonds is 6. The SMILES string of the molecule is CCNC(CSc1ncns1)c1ccc(C)cc1. The lowest BCUT2D eigenvalue weighted by Crippen LogP contribution is -2.22. The first-order valence-corrected chi connectivity index (χ1v) is 7.75. The van der Waals surface area contributed by atoms with Crippen LogP contribution >= 0.6 is 23.3 Å². The molecule has 0 aliphatic carbocycles. The number of aromatic nitrogens is 2. The van der Waals surface area contributed by atoms with E-state index in [0.29, 0.717) is 6.04 Å². The maximum atomic E-state index is 4.20. The fourth-order valence-corrected chi connectivity index (χ4v) is 3.26. The third-order valence-corrected chi connectivity index (χ3v) is 4.54. The Kier molecular flexibility index (Phi) is 5.16. The number of thioether (sulfide) groups is 1.